The molecule has 1 saturated heterocycles. The zero-order valence-electron chi connectivity index (χ0n) is 13.9. The number of hydrogen-bond acceptors (Lipinski definition) is 2. The molecule has 2 atom stereocenters. The number of benzene rings is 1. The third kappa shape index (κ3) is 4.24. The average Bonchev–Trinajstić information content (AvgIpc) is 3.39. The molecule has 1 aromatic rings. The minimum Gasteiger partial charge on any atom is -0.353 e. The van der Waals surface area contributed by atoms with E-state index in [2.05, 4.69) is 10.6 Å². The summed E-state index contributed by atoms with van der Waals surface area (Å²) in [5.74, 6) is -0.383. The Morgan fingerprint density at radius 3 is 2.79 bits per heavy atom. The van der Waals surface area contributed by atoms with Gasteiger partial charge >= 0.3 is 6.03 Å². The summed E-state index contributed by atoms with van der Waals surface area (Å²) in [5.41, 5.74) is 0.725. The topological polar surface area (TPSA) is 61.4 Å². The summed E-state index contributed by atoms with van der Waals surface area (Å²) >= 11 is 0. The number of urea groups is 1. The molecule has 0 bridgehead atoms. The maximum absolute atomic E-state index is 13.3. The second-order valence-electron chi connectivity index (χ2n) is 6.79. The quantitative estimate of drug-likeness (QED) is 0.890. The number of likely N-dealkylation sites (tertiary alicyclic amines) is 1. The molecule has 24 heavy (non-hydrogen) atoms. The Morgan fingerprint density at radius 1 is 1.29 bits per heavy atom. The summed E-state index contributed by atoms with van der Waals surface area (Å²) in [6.07, 6.45) is 3.77. The molecular formula is C18H24FN3O2. The van der Waals surface area contributed by atoms with Gasteiger partial charge in [0.2, 0.25) is 5.91 Å². The maximum Gasteiger partial charge on any atom is 0.317 e. The molecule has 3 rings (SSSR count). The third-order valence-electron chi connectivity index (χ3n) is 4.69. The lowest BCUT2D eigenvalue weighted by Crippen LogP contribution is -2.49. The van der Waals surface area contributed by atoms with Crippen molar-refractivity contribution >= 4 is 11.9 Å². The van der Waals surface area contributed by atoms with Crippen LogP contribution in [0, 0.1) is 11.7 Å². The van der Waals surface area contributed by atoms with Gasteiger partial charge < -0.3 is 15.5 Å². The summed E-state index contributed by atoms with van der Waals surface area (Å²) in [6.45, 7) is 2.92. The molecule has 2 fully saturated rings. The molecule has 1 aliphatic carbocycles. The summed E-state index contributed by atoms with van der Waals surface area (Å²) in [5, 5.41) is 5.91. The van der Waals surface area contributed by atoms with Crippen LogP contribution in [-0.4, -0.2) is 36.0 Å². The number of nitrogens with zero attached hydrogens (tertiary/aromatic N) is 1. The molecule has 130 valence electrons. The van der Waals surface area contributed by atoms with Gasteiger partial charge in [0.25, 0.3) is 0 Å². The van der Waals surface area contributed by atoms with Gasteiger partial charge in [-0.2, -0.15) is 0 Å². The number of rotatable bonds is 4. The lowest BCUT2D eigenvalue weighted by molar-refractivity contribution is -0.126. The Morgan fingerprint density at radius 2 is 2.08 bits per heavy atom. The fourth-order valence-corrected chi connectivity index (χ4v) is 3.06. The molecule has 6 heteroatoms. The van der Waals surface area contributed by atoms with Crippen LogP contribution in [0.2, 0.25) is 0 Å². The summed E-state index contributed by atoms with van der Waals surface area (Å²) in [7, 11) is 0. The van der Waals surface area contributed by atoms with Gasteiger partial charge in [-0.3, -0.25) is 4.79 Å². The monoisotopic (exact) mass is 333 g/mol. The zero-order valence-corrected chi connectivity index (χ0v) is 13.9. The van der Waals surface area contributed by atoms with E-state index in [0.29, 0.717) is 19.1 Å². The highest BCUT2D eigenvalue weighted by molar-refractivity contribution is 5.81. The number of amides is 3. The van der Waals surface area contributed by atoms with E-state index in [9.17, 15) is 14.0 Å². The van der Waals surface area contributed by atoms with E-state index >= 15 is 0 Å². The molecule has 1 heterocycles. The van der Waals surface area contributed by atoms with Gasteiger partial charge in [0, 0.05) is 19.1 Å². The van der Waals surface area contributed by atoms with Crippen LogP contribution in [0.4, 0.5) is 9.18 Å². The SMILES string of the molecule is C[C@@H](NC(=O)N1CCC[C@H](C(=O)NC2CC2)C1)c1cccc(F)c1. The highest BCUT2D eigenvalue weighted by atomic mass is 19.1. The zero-order chi connectivity index (χ0) is 17.1. The lowest BCUT2D eigenvalue weighted by Gasteiger charge is -2.33. The fourth-order valence-electron chi connectivity index (χ4n) is 3.06. The van der Waals surface area contributed by atoms with Crippen molar-refractivity contribution in [1.29, 1.82) is 0 Å². The normalized spacial score (nSPS) is 21.9. The Kier molecular flexibility index (Phi) is 5.02. The predicted molar refractivity (Wildman–Crippen MR) is 88.8 cm³/mol. The molecule has 0 radical (unpaired) electrons. The van der Waals surface area contributed by atoms with E-state index in [0.717, 1.165) is 31.2 Å². The van der Waals surface area contributed by atoms with Crippen LogP contribution in [0.5, 0.6) is 0 Å². The standard InChI is InChI=1S/C18H24FN3O2/c1-12(13-4-2-6-15(19)10-13)20-18(24)22-9-3-5-14(11-22)17(23)21-16-7-8-16/h2,4,6,10,12,14,16H,3,5,7-9,11H2,1H3,(H,20,24)(H,21,23)/t12-,14+/m1/s1. The number of nitrogens with one attached hydrogen (secondary N) is 2. The van der Waals surface area contributed by atoms with Gasteiger partial charge in [-0.05, 0) is 50.3 Å². The lowest BCUT2D eigenvalue weighted by atomic mass is 9.97. The Hall–Kier alpha value is -2.11. The Bertz CT molecular complexity index is 618. The first-order valence-electron chi connectivity index (χ1n) is 8.64. The van der Waals surface area contributed by atoms with E-state index < -0.39 is 0 Å². The van der Waals surface area contributed by atoms with Crippen LogP contribution in [0.15, 0.2) is 24.3 Å². The van der Waals surface area contributed by atoms with Gasteiger partial charge in [-0.1, -0.05) is 12.1 Å². The molecule has 0 aromatic heterocycles. The van der Waals surface area contributed by atoms with Crippen molar-refractivity contribution in [2.24, 2.45) is 5.92 Å². The highest BCUT2D eigenvalue weighted by Gasteiger charge is 2.32. The fraction of sp³-hybridized carbons (Fsp3) is 0.556. The minimum atomic E-state index is -0.316. The number of hydrogen-bond donors (Lipinski definition) is 2. The van der Waals surface area contributed by atoms with Gasteiger partial charge in [-0.15, -0.1) is 0 Å². The number of carbonyl (C=O) groups is 2. The molecule has 5 nitrogen and oxygen atoms in total. The van der Waals surface area contributed by atoms with Gasteiger partial charge in [0.1, 0.15) is 5.82 Å². The smallest absolute Gasteiger partial charge is 0.317 e. The second kappa shape index (κ2) is 7.20. The van der Waals surface area contributed by atoms with Crippen LogP contribution >= 0.6 is 0 Å². The number of halogens is 1. The largest absolute Gasteiger partial charge is 0.353 e. The van der Waals surface area contributed by atoms with Crippen molar-refractivity contribution < 1.29 is 14.0 Å². The Balaban J connectivity index is 1.54. The van der Waals surface area contributed by atoms with E-state index in [4.69, 9.17) is 0 Å². The van der Waals surface area contributed by atoms with Gasteiger partial charge in [-0.25, -0.2) is 9.18 Å². The van der Waals surface area contributed by atoms with E-state index in [1.165, 1.54) is 12.1 Å². The maximum atomic E-state index is 13.3. The van der Waals surface area contributed by atoms with Crippen molar-refractivity contribution in [3.05, 3.63) is 35.6 Å². The third-order valence-corrected chi connectivity index (χ3v) is 4.69. The molecule has 3 amide bonds. The molecule has 2 aliphatic rings. The molecule has 1 aliphatic heterocycles. The molecule has 0 spiro atoms. The molecule has 1 aromatic carbocycles. The molecule has 2 N–H and O–H groups in total. The van der Waals surface area contributed by atoms with E-state index in [1.807, 2.05) is 6.92 Å². The first-order chi connectivity index (χ1) is 11.5. The second-order valence-corrected chi connectivity index (χ2v) is 6.79. The summed E-state index contributed by atoms with van der Waals surface area (Å²) in [4.78, 5) is 26.3. The number of carbonyl (C=O) groups excluding carboxylic acids is 2. The summed E-state index contributed by atoms with van der Waals surface area (Å²) < 4.78 is 13.3. The molecule has 0 unspecified atom stereocenters. The van der Waals surface area contributed by atoms with Crippen LogP contribution in [0.3, 0.4) is 0 Å². The van der Waals surface area contributed by atoms with Gasteiger partial charge in [0.15, 0.2) is 0 Å². The van der Waals surface area contributed by atoms with E-state index in [1.54, 1.807) is 17.0 Å². The summed E-state index contributed by atoms with van der Waals surface area (Å²) in [6, 6.07) is 6.08. The van der Waals surface area contributed by atoms with E-state index in [-0.39, 0.29) is 29.7 Å². The number of piperidine rings is 1. The molecular weight excluding hydrogens is 309 g/mol. The van der Waals surface area contributed by atoms with Crippen molar-refractivity contribution in [3.8, 4) is 0 Å². The van der Waals surface area contributed by atoms with Crippen molar-refractivity contribution in [3.63, 3.8) is 0 Å². The average molecular weight is 333 g/mol. The van der Waals surface area contributed by atoms with Gasteiger partial charge in [0.05, 0.1) is 12.0 Å². The highest BCUT2D eigenvalue weighted by Crippen LogP contribution is 2.22. The van der Waals surface area contributed by atoms with Crippen LogP contribution in [0.25, 0.3) is 0 Å². The first kappa shape index (κ1) is 16.7. The molecule has 1 saturated carbocycles. The predicted octanol–water partition coefficient (Wildman–Crippen LogP) is 2.59. The van der Waals surface area contributed by atoms with Crippen molar-refractivity contribution in [2.75, 3.05) is 13.1 Å². The van der Waals surface area contributed by atoms with Crippen LogP contribution < -0.4 is 10.6 Å². The first-order valence-corrected chi connectivity index (χ1v) is 8.64. The van der Waals surface area contributed by atoms with Crippen LogP contribution in [0.1, 0.15) is 44.2 Å². The van der Waals surface area contributed by atoms with Crippen molar-refractivity contribution in [1.82, 2.24) is 15.5 Å². The minimum absolute atomic E-state index is 0.0631. The Labute approximate surface area is 141 Å². The van der Waals surface area contributed by atoms with Crippen molar-refractivity contribution in [2.45, 2.75) is 44.7 Å². The van der Waals surface area contributed by atoms with Crippen LogP contribution in [-0.2, 0) is 4.79 Å².